The average Bonchev–Trinajstić information content (AvgIpc) is 2.92. The first-order chi connectivity index (χ1) is 11.6. The molecule has 1 heterocycles. The van der Waals surface area contributed by atoms with Crippen molar-refractivity contribution in [3.05, 3.63) is 35.9 Å². The van der Waals surface area contributed by atoms with Crippen LogP contribution in [0.5, 0.6) is 0 Å². The zero-order chi connectivity index (χ0) is 16.9. The van der Waals surface area contributed by atoms with Crippen molar-refractivity contribution in [2.24, 2.45) is 0 Å². The summed E-state index contributed by atoms with van der Waals surface area (Å²) in [4.78, 5) is 34.9. The first-order valence-electron chi connectivity index (χ1n) is 8.59. The Hall–Kier alpha value is -2.37. The second-order valence-corrected chi connectivity index (χ2v) is 6.53. The summed E-state index contributed by atoms with van der Waals surface area (Å²) in [7, 11) is 0. The maximum atomic E-state index is 12.3. The molecule has 2 aliphatic rings. The largest absolute Gasteiger partial charge is 0.353 e. The highest BCUT2D eigenvalue weighted by atomic mass is 16.2. The van der Waals surface area contributed by atoms with Gasteiger partial charge < -0.3 is 10.6 Å². The minimum absolute atomic E-state index is 0.0585. The molecule has 128 valence electrons. The number of benzene rings is 1. The molecule has 6 nitrogen and oxygen atoms in total. The molecule has 3 N–H and O–H groups in total. The lowest BCUT2D eigenvalue weighted by atomic mass is 9.80. The highest BCUT2D eigenvalue weighted by molar-refractivity contribution is 6.04. The van der Waals surface area contributed by atoms with Crippen molar-refractivity contribution in [3.8, 4) is 0 Å². The number of carbonyl (C=O) groups is 3. The lowest BCUT2D eigenvalue weighted by Crippen LogP contribution is -2.41. The van der Waals surface area contributed by atoms with Gasteiger partial charge in [0.15, 0.2) is 0 Å². The van der Waals surface area contributed by atoms with Gasteiger partial charge in [-0.25, -0.2) is 4.79 Å². The summed E-state index contributed by atoms with van der Waals surface area (Å²) >= 11 is 0. The van der Waals surface area contributed by atoms with Gasteiger partial charge in [0.25, 0.3) is 5.91 Å². The fourth-order valence-corrected chi connectivity index (χ4v) is 3.62. The zero-order valence-electron chi connectivity index (χ0n) is 13.6. The molecular weight excluding hydrogens is 306 g/mol. The van der Waals surface area contributed by atoms with Crippen molar-refractivity contribution in [2.75, 3.05) is 0 Å². The molecule has 1 saturated heterocycles. The van der Waals surface area contributed by atoms with Crippen LogP contribution >= 0.6 is 0 Å². The van der Waals surface area contributed by atoms with Crippen LogP contribution in [0.15, 0.2) is 30.3 Å². The van der Waals surface area contributed by atoms with Gasteiger partial charge in [-0.1, -0.05) is 43.2 Å². The number of hydrogen-bond donors (Lipinski definition) is 3. The number of amides is 4. The smallest absolute Gasteiger partial charge is 0.322 e. The summed E-state index contributed by atoms with van der Waals surface area (Å²) in [5, 5.41) is 7.83. The van der Waals surface area contributed by atoms with Crippen LogP contribution in [0.3, 0.4) is 0 Å². The van der Waals surface area contributed by atoms with Crippen molar-refractivity contribution in [3.63, 3.8) is 0 Å². The molecule has 0 bridgehead atoms. The van der Waals surface area contributed by atoms with E-state index in [9.17, 15) is 14.4 Å². The number of carbonyl (C=O) groups excluding carboxylic acids is 3. The maximum absolute atomic E-state index is 12.3. The van der Waals surface area contributed by atoms with E-state index in [1.54, 1.807) is 0 Å². The summed E-state index contributed by atoms with van der Waals surface area (Å²) in [6, 6.07) is 9.36. The Morgan fingerprint density at radius 2 is 1.88 bits per heavy atom. The van der Waals surface area contributed by atoms with E-state index >= 15 is 0 Å². The Bertz CT molecular complexity index is 617. The molecule has 0 aromatic heterocycles. The van der Waals surface area contributed by atoms with Gasteiger partial charge in [0.05, 0.1) is 0 Å². The molecule has 3 atom stereocenters. The van der Waals surface area contributed by atoms with E-state index in [1.165, 1.54) is 12.0 Å². The molecule has 0 radical (unpaired) electrons. The van der Waals surface area contributed by atoms with Gasteiger partial charge in [0.2, 0.25) is 5.91 Å². The molecule has 1 saturated carbocycles. The Labute approximate surface area is 141 Å². The average molecular weight is 329 g/mol. The lowest BCUT2D eigenvalue weighted by Gasteiger charge is -2.32. The van der Waals surface area contributed by atoms with Gasteiger partial charge in [0, 0.05) is 18.4 Å². The minimum atomic E-state index is -0.598. The third-order valence-corrected chi connectivity index (χ3v) is 4.86. The predicted octanol–water partition coefficient (Wildman–Crippen LogP) is 1.82. The molecule has 4 amide bonds. The fraction of sp³-hybridized carbons (Fsp3) is 0.500. The van der Waals surface area contributed by atoms with Gasteiger partial charge in [0.1, 0.15) is 6.04 Å². The quantitative estimate of drug-likeness (QED) is 0.720. The van der Waals surface area contributed by atoms with Gasteiger partial charge >= 0.3 is 6.03 Å². The topological polar surface area (TPSA) is 87.3 Å². The van der Waals surface area contributed by atoms with E-state index in [-0.39, 0.29) is 24.3 Å². The highest BCUT2D eigenvalue weighted by Crippen LogP contribution is 2.33. The molecule has 1 aliphatic carbocycles. The van der Waals surface area contributed by atoms with Gasteiger partial charge in [-0.15, -0.1) is 0 Å². The predicted molar refractivity (Wildman–Crippen MR) is 89.3 cm³/mol. The summed E-state index contributed by atoms with van der Waals surface area (Å²) < 4.78 is 0. The Morgan fingerprint density at radius 1 is 1.12 bits per heavy atom. The van der Waals surface area contributed by atoms with Crippen LogP contribution in [0.1, 0.15) is 50.0 Å². The normalized spacial score (nSPS) is 26.6. The van der Waals surface area contributed by atoms with Crippen molar-refractivity contribution >= 4 is 17.8 Å². The molecule has 1 aliphatic heterocycles. The highest BCUT2D eigenvalue weighted by Gasteiger charge is 2.31. The van der Waals surface area contributed by atoms with Gasteiger partial charge in [-0.05, 0) is 24.8 Å². The van der Waals surface area contributed by atoms with Gasteiger partial charge in [-0.2, -0.15) is 0 Å². The Balaban J connectivity index is 1.54. The number of urea groups is 1. The third kappa shape index (κ3) is 3.93. The fourth-order valence-electron chi connectivity index (χ4n) is 3.62. The lowest BCUT2D eigenvalue weighted by molar-refractivity contribution is -0.123. The van der Waals surface area contributed by atoms with Crippen LogP contribution in [0, 0.1) is 0 Å². The second kappa shape index (κ2) is 7.47. The van der Waals surface area contributed by atoms with Crippen LogP contribution in [-0.2, 0) is 9.59 Å². The molecule has 1 aromatic carbocycles. The van der Waals surface area contributed by atoms with Crippen molar-refractivity contribution < 1.29 is 14.4 Å². The van der Waals surface area contributed by atoms with E-state index in [4.69, 9.17) is 0 Å². The number of rotatable bonds is 5. The molecule has 3 unspecified atom stereocenters. The number of nitrogens with one attached hydrogen (secondary N) is 3. The maximum Gasteiger partial charge on any atom is 0.322 e. The molecule has 1 aromatic rings. The molecular formula is C18H23N3O3. The monoisotopic (exact) mass is 329 g/mol. The molecule has 2 fully saturated rings. The van der Waals surface area contributed by atoms with Gasteiger partial charge in [-0.3, -0.25) is 14.9 Å². The molecule has 6 heteroatoms. The van der Waals surface area contributed by atoms with E-state index in [2.05, 4.69) is 28.1 Å². The summed E-state index contributed by atoms with van der Waals surface area (Å²) in [6.07, 6.45) is 4.92. The Kier molecular flexibility index (Phi) is 5.13. The van der Waals surface area contributed by atoms with Crippen molar-refractivity contribution in [1.82, 2.24) is 16.0 Å². The molecule has 0 spiro atoms. The summed E-state index contributed by atoms with van der Waals surface area (Å²) in [5.74, 6) is -0.0669. The van der Waals surface area contributed by atoms with Crippen LogP contribution in [0.25, 0.3) is 0 Å². The number of imide groups is 1. The van der Waals surface area contributed by atoms with Crippen LogP contribution in [-0.4, -0.2) is 29.9 Å². The molecule has 3 rings (SSSR count). The van der Waals surface area contributed by atoms with Crippen LogP contribution in [0.4, 0.5) is 4.79 Å². The van der Waals surface area contributed by atoms with Crippen molar-refractivity contribution in [2.45, 2.75) is 56.5 Å². The van der Waals surface area contributed by atoms with Crippen LogP contribution < -0.4 is 16.0 Å². The molecule has 24 heavy (non-hydrogen) atoms. The third-order valence-electron chi connectivity index (χ3n) is 4.86. The van der Waals surface area contributed by atoms with E-state index in [1.807, 2.05) is 18.2 Å². The number of hydrogen-bond acceptors (Lipinski definition) is 3. The van der Waals surface area contributed by atoms with Crippen molar-refractivity contribution in [1.29, 1.82) is 0 Å². The van der Waals surface area contributed by atoms with Crippen LogP contribution in [0.2, 0.25) is 0 Å². The summed E-state index contributed by atoms with van der Waals surface area (Å²) in [6.45, 7) is 0. The first kappa shape index (κ1) is 16.5. The second-order valence-electron chi connectivity index (χ2n) is 6.53. The zero-order valence-corrected chi connectivity index (χ0v) is 13.6. The van der Waals surface area contributed by atoms with E-state index in [0.29, 0.717) is 12.3 Å². The minimum Gasteiger partial charge on any atom is -0.353 e. The summed E-state index contributed by atoms with van der Waals surface area (Å²) in [5.41, 5.74) is 1.27. The standard InChI is InChI=1S/C18H23N3O3/c22-16(11-10-15-17(23)21-18(24)20-15)19-14-9-5-4-8-13(14)12-6-2-1-3-7-12/h1-3,6-7,13-15H,4-5,8-11H2,(H,19,22)(H2,20,21,23,24). The van der Waals surface area contributed by atoms with E-state index in [0.717, 1.165) is 19.3 Å². The Morgan fingerprint density at radius 3 is 2.58 bits per heavy atom. The first-order valence-corrected chi connectivity index (χ1v) is 8.59. The SMILES string of the molecule is O=C(CCC1NC(=O)NC1=O)NC1CCCCC1c1ccccc1. The van der Waals surface area contributed by atoms with E-state index < -0.39 is 12.1 Å².